The molecule has 0 bridgehead atoms. The highest BCUT2D eigenvalue weighted by atomic mass is 19.1. The Morgan fingerprint density at radius 3 is 2.67 bits per heavy atom. The number of halogens is 1. The largest absolute Gasteiger partial charge is 0.295 e. The third kappa shape index (κ3) is 1.63. The van der Waals surface area contributed by atoms with Gasteiger partial charge in [0.15, 0.2) is 0 Å². The highest BCUT2D eigenvalue weighted by Crippen LogP contribution is 2.39. The average molecular weight is 173 g/mol. The summed E-state index contributed by atoms with van der Waals surface area (Å²) in [6, 6.07) is 0. The van der Waals surface area contributed by atoms with Gasteiger partial charge in [0.1, 0.15) is 6.17 Å². The Hall–Kier alpha value is -0.110. The standard InChI is InChI=1S/C8H14FN.C2H6/c1-8-3-2-4-10(8)6-7(9)5-8;1-2/h7H,2-6H2,1H3;1-2H3. The summed E-state index contributed by atoms with van der Waals surface area (Å²) in [5.41, 5.74) is 0.236. The van der Waals surface area contributed by atoms with Crippen molar-refractivity contribution >= 4 is 0 Å². The molecule has 2 fully saturated rings. The van der Waals surface area contributed by atoms with Crippen molar-refractivity contribution in [2.24, 2.45) is 0 Å². The highest BCUT2D eigenvalue weighted by Gasteiger charge is 2.44. The van der Waals surface area contributed by atoms with Crippen LogP contribution in [0.5, 0.6) is 0 Å². The van der Waals surface area contributed by atoms with Gasteiger partial charge < -0.3 is 0 Å². The molecule has 2 heterocycles. The van der Waals surface area contributed by atoms with E-state index in [2.05, 4.69) is 11.8 Å². The molecule has 12 heavy (non-hydrogen) atoms. The Morgan fingerprint density at radius 2 is 2.08 bits per heavy atom. The van der Waals surface area contributed by atoms with Crippen molar-refractivity contribution in [3.05, 3.63) is 0 Å². The highest BCUT2D eigenvalue weighted by molar-refractivity contribution is 5.00. The Morgan fingerprint density at radius 1 is 1.42 bits per heavy atom. The normalized spacial score (nSPS) is 40.5. The summed E-state index contributed by atoms with van der Waals surface area (Å²) in [5, 5.41) is 0. The van der Waals surface area contributed by atoms with Crippen molar-refractivity contribution in [1.82, 2.24) is 4.90 Å². The second-order valence-corrected chi connectivity index (χ2v) is 3.85. The number of hydrogen-bond acceptors (Lipinski definition) is 1. The third-order valence-corrected chi connectivity index (χ3v) is 2.99. The van der Waals surface area contributed by atoms with E-state index in [1.54, 1.807) is 0 Å². The zero-order chi connectivity index (χ0) is 9.19. The monoisotopic (exact) mass is 173 g/mol. The van der Waals surface area contributed by atoms with Crippen LogP contribution in [0.4, 0.5) is 4.39 Å². The van der Waals surface area contributed by atoms with Crippen molar-refractivity contribution in [3.8, 4) is 0 Å². The maximum absolute atomic E-state index is 12.8. The van der Waals surface area contributed by atoms with Crippen LogP contribution in [0.15, 0.2) is 0 Å². The van der Waals surface area contributed by atoms with Crippen LogP contribution in [-0.4, -0.2) is 29.7 Å². The predicted molar refractivity (Wildman–Crippen MR) is 50.1 cm³/mol. The van der Waals surface area contributed by atoms with Crippen LogP contribution in [-0.2, 0) is 0 Å². The lowest BCUT2D eigenvalue weighted by atomic mass is 9.97. The molecule has 2 heteroatoms. The van der Waals surface area contributed by atoms with E-state index in [9.17, 15) is 4.39 Å². The minimum absolute atomic E-state index is 0.236. The molecule has 72 valence electrons. The molecule has 0 aromatic carbocycles. The molecule has 0 aliphatic carbocycles. The molecule has 2 unspecified atom stereocenters. The quantitative estimate of drug-likeness (QED) is 0.544. The summed E-state index contributed by atoms with van der Waals surface area (Å²) in [7, 11) is 0. The predicted octanol–water partition coefficient (Wildman–Crippen LogP) is 2.61. The number of rotatable bonds is 0. The van der Waals surface area contributed by atoms with Crippen molar-refractivity contribution in [2.75, 3.05) is 13.1 Å². The molecule has 0 radical (unpaired) electrons. The second-order valence-electron chi connectivity index (χ2n) is 3.85. The molecule has 2 rings (SSSR count). The molecule has 0 N–H and O–H groups in total. The molecule has 2 saturated heterocycles. The Bertz CT molecular complexity index is 149. The maximum Gasteiger partial charge on any atom is 0.115 e. The molecule has 1 nitrogen and oxygen atoms in total. The van der Waals surface area contributed by atoms with E-state index in [-0.39, 0.29) is 5.54 Å². The fourth-order valence-corrected chi connectivity index (χ4v) is 2.40. The van der Waals surface area contributed by atoms with Gasteiger partial charge in [-0.25, -0.2) is 4.39 Å². The molecule has 2 atom stereocenters. The molecule has 0 amide bonds. The smallest absolute Gasteiger partial charge is 0.115 e. The van der Waals surface area contributed by atoms with E-state index in [0.29, 0.717) is 6.54 Å². The summed E-state index contributed by atoms with van der Waals surface area (Å²) in [4.78, 5) is 2.30. The van der Waals surface area contributed by atoms with Crippen molar-refractivity contribution < 1.29 is 4.39 Å². The second kappa shape index (κ2) is 3.73. The zero-order valence-corrected chi connectivity index (χ0v) is 8.44. The van der Waals surface area contributed by atoms with Gasteiger partial charge in [-0.05, 0) is 32.7 Å². The lowest BCUT2D eigenvalue weighted by Gasteiger charge is -2.25. The van der Waals surface area contributed by atoms with Gasteiger partial charge in [0.2, 0.25) is 0 Å². The van der Waals surface area contributed by atoms with Crippen LogP contribution in [0.1, 0.15) is 40.0 Å². The number of nitrogens with zero attached hydrogens (tertiary/aromatic N) is 1. The van der Waals surface area contributed by atoms with E-state index in [4.69, 9.17) is 0 Å². The van der Waals surface area contributed by atoms with Crippen molar-refractivity contribution in [1.29, 1.82) is 0 Å². The first-order valence-electron chi connectivity index (χ1n) is 5.10. The lowest BCUT2D eigenvalue weighted by molar-refractivity contribution is 0.217. The molecular weight excluding hydrogens is 153 g/mol. The van der Waals surface area contributed by atoms with Gasteiger partial charge in [0.25, 0.3) is 0 Å². The summed E-state index contributed by atoms with van der Waals surface area (Å²) in [6.07, 6.45) is 2.69. The average Bonchev–Trinajstić information content (AvgIpc) is 2.46. The van der Waals surface area contributed by atoms with Crippen LogP contribution >= 0.6 is 0 Å². The Labute approximate surface area is 74.9 Å². The van der Waals surface area contributed by atoms with Crippen LogP contribution in [0.2, 0.25) is 0 Å². The van der Waals surface area contributed by atoms with Gasteiger partial charge in [0.05, 0.1) is 0 Å². The van der Waals surface area contributed by atoms with E-state index in [0.717, 1.165) is 13.0 Å². The van der Waals surface area contributed by atoms with Crippen molar-refractivity contribution in [2.45, 2.75) is 51.7 Å². The topological polar surface area (TPSA) is 3.24 Å². The minimum atomic E-state index is -0.551. The first-order valence-corrected chi connectivity index (χ1v) is 5.10. The molecule has 2 aliphatic rings. The number of alkyl halides is 1. The van der Waals surface area contributed by atoms with Crippen LogP contribution in [0.25, 0.3) is 0 Å². The van der Waals surface area contributed by atoms with Crippen LogP contribution in [0, 0.1) is 0 Å². The first-order chi connectivity index (χ1) is 5.71. The first kappa shape index (κ1) is 9.97. The van der Waals surface area contributed by atoms with Crippen LogP contribution < -0.4 is 0 Å². The molecular formula is C10H20FN. The molecule has 2 aliphatic heterocycles. The van der Waals surface area contributed by atoms with Gasteiger partial charge in [-0.1, -0.05) is 13.8 Å². The number of hydrogen-bond donors (Lipinski definition) is 0. The van der Waals surface area contributed by atoms with Gasteiger partial charge in [-0.15, -0.1) is 0 Å². The summed E-state index contributed by atoms with van der Waals surface area (Å²) < 4.78 is 12.8. The SMILES string of the molecule is CC.CC12CCCN1CC(F)C2. The van der Waals surface area contributed by atoms with Gasteiger partial charge in [-0.3, -0.25) is 4.90 Å². The van der Waals surface area contributed by atoms with Crippen molar-refractivity contribution in [3.63, 3.8) is 0 Å². The Balaban J connectivity index is 0.000000336. The summed E-state index contributed by atoms with van der Waals surface area (Å²) in [5.74, 6) is 0. The fraction of sp³-hybridized carbons (Fsp3) is 1.00. The third-order valence-electron chi connectivity index (χ3n) is 2.99. The fourth-order valence-electron chi connectivity index (χ4n) is 2.40. The van der Waals surface area contributed by atoms with Gasteiger partial charge in [0, 0.05) is 12.1 Å². The van der Waals surface area contributed by atoms with E-state index in [1.165, 1.54) is 12.8 Å². The summed E-state index contributed by atoms with van der Waals surface area (Å²) in [6.45, 7) is 8.01. The minimum Gasteiger partial charge on any atom is -0.295 e. The van der Waals surface area contributed by atoms with Gasteiger partial charge in [-0.2, -0.15) is 0 Å². The van der Waals surface area contributed by atoms with E-state index >= 15 is 0 Å². The van der Waals surface area contributed by atoms with E-state index in [1.807, 2.05) is 13.8 Å². The molecule has 0 aromatic heterocycles. The zero-order valence-electron chi connectivity index (χ0n) is 8.44. The van der Waals surface area contributed by atoms with E-state index < -0.39 is 6.17 Å². The molecule has 0 spiro atoms. The molecule has 0 saturated carbocycles. The molecule has 0 aromatic rings. The summed E-state index contributed by atoms with van der Waals surface area (Å²) >= 11 is 0. The maximum atomic E-state index is 12.8. The Kier molecular flexibility index (Phi) is 3.10. The lowest BCUT2D eigenvalue weighted by Crippen LogP contribution is -2.34. The van der Waals surface area contributed by atoms with Crippen LogP contribution in [0.3, 0.4) is 0 Å². The van der Waals surface area contributed by atoms with Gasteiger partial charge >= 0.3 is 0 Å². The number of fused-ring (bicyclic) bond motifs is 1.